The number of aliphatic hydroxyl groups excluding tert-OH is 1. The summed E-state index contributed by atoms with van der Waals surface area (Å²) in [4.78, 5) is 28.1. The van der Waals surface area contributed by atoms with E-state index in [0.29, 0.717) is 32.6 Å². The van der Waals surface area contributed by atoms with Crippen LogP contribution >= 0.6 is 0 Å². The zero-order chi connectivity index (χ0) is 17.3. The van der Waals surface area contributed by atoms with Crippen LogP contribution in [0.5, 0.6) is 0 Å². The third-order valence-electron chi connectivity index (χ3n) is 5.62. The topological polar surface area (TPSA) is 60.9 Å². The first-order valence-electron chi connectivity index (χ1n) is 8.63. The fourth-order valence-corrected chi connectivity index (χ4v) is 4.17. The minimum Gasteiger partial charge on any atom is -0.396 e. The predicted octanol–water partition coefficient (Wildman–Crippen LogP) is 1.23. The normalized spacial score (nSPS) is 26.4. The van der Waals surface area contributed by atoms with Crippen molar-refractivity contribution >= 4 is 11.8 Å². The molecule has 2 atom stereocenters. The quantitative estimate of drug-likeness (QED) is 0.907. The smallest absolute Gasteiger partial charge is 0.227 e. The molecule has 130 valence electrons. The van der Waals surface area contributed by atoms with Crippen molar-refractivity contribution in [1.29, 1.82) is 0 Å². The largest absolute Gasteiger partial charge is 0.396 e. The number of hydrogen-bond acceptors (Lipinski definition) is 3. The van der Waals surface area contributed by atoms with Crippen molar-refractivity contribution in [3.05, 3.63) is 35.4 Å². The molecule has 2 aliphatic rings. The maximum atomic E-state index is 12.7. The number of aryl methyl sites for hydroxylation is 1. The molecular formula is C19H26N2O3. The number of benzene rings is 1. The highest BCUT2D eigenvalue weighted by molar-refractivity contribution is 5.79. The van der Waals surface area contributed by atoms with Crippen molar-refractivity contribution < 1.29 is 14.7 Å². The van der Waals surface area contributed by atoms with E-state index in [4.69, 9.17) is 0 Å². The molecular weight excluding hydrogens is 304 g/mol. The van der Waals surface area contributed by atoms with Gasteiger partial charge in [0.15, 0.2) is 0 Å². The lowest BCUT2D eigenvalue weighted by molar-refractivity contribution is -0.135. The molecule has 0 radical (unpaired) electrons. The van der Waals surface area contributed by atoms with E-state index in [-0.39, 0.29) is 29.8 Å². The number of carbonyl (C=O) groups is 2. The second kappa shape index (κ2) is 6.55. The summed E-state index contributed by atoms with van der Waals surface area (Å²) in [5, 5.41) is 10.0. The molecule has 0 aromatic heterocycles. The van der Waals surface area contributed by atoms with E-state index in [1.165, 1.54) is 0 Å². The average Bonchev–Trinajstić information content (AvgIpc) is 2.94. The van der Waals surface area contributed by atoms with Gasteiger partial charge in [-0.3, -0.25) is 9.59 Å². The van der Waals surface area contributed by atoms with Crippen molar-refractivity contribution in [3.8, 4) is 0 Å². The molecule has 0 unspecified atom stereocenters. The predicted molar refractivity (Wildman–Crippen MR) is 91.3 cm³/mol. The van der Waals surface area contributed by atoms with E-state index in [2.05, 4.69) is 0 Å². The minimum atomic E-state index is -0.355. The fourth-order valence-electron chi connectivity index (χ4n) is 4.17. The summed E-state index contributed by atoms with van der Waals surface area (Å²) in [5.74, 6) is 0.442. The minimum absolute atomic E-state index is 0.0235. The van der Waals surface area contributed by atoms with E-state index in [1.807, 2.05) is 41.0 Å². The first kappa shape index (κ1) is 17.0. The van der Waals surface area contributed by atoms with Gasteiger partial charge in [0.2, 0.25) is 11.8 Å². The highest BCUT2D eigenvalue weighted by Gasteiger charge is 2.50. The first-order valence-corrected chi connectivity index (χ1v) is 8.63. The number of hydrogen-bond donors (Lipinski definition) is 1. The van der Waals surface area contributed by atoms with Crippen molar-refractivity contribution in [2.45, 2.75) is 26.7 Å². The molecule has 2 amide bonds. The summed E-state index contributed by atoms with van der Waals surface area (Å²) in [5.41, 5.74) is 1.82. The summed E-state index contributed by atoms with van der Waals surface area (Å²) in [6, 6.07) is 8.02. The van der Waals surface area contributed by atoms with Gasteiger partial charge >= 0.3 is 0 Å². The monoisotopic (exact) mass is 330 g/mol. The van der Waals surface area contributed by atoms with Gasteiger partial charge in [0.1, 0.15) is 0 Å². The Bertz CT molecular complexity index is 645. The fraction of sp³-hybridized carbons (Fsp3) is 0.579. The number of piperidine rings is 1. The lowest BCUT2D eigenvalue weighted by Crippen LogP contribution is -2.53. The second-order valence-corrected chi connectivity index (χ2v) is 7.39. The number of aliphatic hydroxyl groups is 1. The lowest BCUT2D eigenvalue weighted by Gasteiger charge is -2.43. The number of carbonyl (C=O) groups excluding carboxylic acids is 2. The van der Waals surface area contributed by atoms with Crippen molar-refractivity contribution in [2.24, 2.45) is 11.3 Å². The summed E-state index contributed by atoms with van der Waals surface area (Å²) < 4.78 is 0. The summed E-state index contributed by atoms with van der Waals surface area (Å²) >= 11 is 0. The molecule has 5 nitrogen and oxygen atoms in total. The van der Waals surface area contributed by atoms with Crippen LogP contribution in [0.1, 0.15) is 24.5 Å². The zero-order valence-corrected chi connectivity index (χ0v) is 14.5. The van der Waals surface area contributed by atoms with Gasteiger partial charge in [-0.25, -0.2) is 0 Å². The number of rotatable bonds is 3. The van der Waals surface area contributed by atoms with Gasteiger partial charge in [0.25, 0.3) is 0 Å². The highest BCUT2D eigenvalue weighted by Crippen LogP contribution is 2.42. The molecule has 24 heavy (non-hydrogen) atoms. The molecule has 1 aromatic carbocycles. The van der Waals surface area contributed by atoms with Gasteiger partial charge in [-0.2, -0.15) is 0 Å². The van der Waals surface area contributed by atoms with Crippen LogP contribution in [-0.4, -0.2) is 59.5 Å². The Morgan fingerprint density at radius 1 is 1.29 bits per heavy atom. The van der Waals surface area contributed by atoms with E-state index >= 15 is 0 Å². The van der Waals surface area contributed by atoms with E-state index in [0.717, 1.165) is 17.5 Å². The average molecular weight is 330 g/mol. The van der Waals surface area contributed by atoms with E-state index in [9.17, 15) is 14.7 Å². The number of amides is 2. The maximum Gasteiger partial charge on any atom is 0.227 e. The molecule has 1 aromatic rings. The molecule has 2 saturated heterocycles. The number of fused-ring (bicyclic) bond motifs is 1. The molecule has 2 fully saturated rings. The lowest BCUT2D eigenvalue weighted by atomic mass is 9.74. The highest BCUT2D eigenvalue weighted by atomic mass is 16.3. The van der Waals surface area contributed by atoms with Crippen LogP contribution in [0.25, 0.3) is 0 Å². The Morgan fingerprint density at radius 3 is 2.71 bits per heavy atom. The Hall–Kier alpha value is -1.88. The SMILES string of the molecule is CC(=O)N1C[C@H]2CCN(C(=O)Cc3cccc(C)c3)C[C@@]2(CO)C1. The van der Waals surface area contributed by atoms with Crippen molar-refractivity contribution in [2.75, 3.05) is 32.8 Å². The molecule has 0 saturated carbocycles. The third-order valence-corrected chi connectivity index (χ3v) is 5.62. The van der Waals surface area contributed by atoms with E-state index in [1.54, 1.807) is 6.92 Å². The molecule has 3 rings (SSSR count). The molecule has 2 aliphatic heterocycles. The Kier molecular flexibility index (Phi) is 4.63. The summed E-state index contributed by atoms with van der Waals surface area (Å²) in [7, 11) is 0. The Balaban J connectivity index is 1.70. The van der Waals surface area contributed by atoms with Gasteiger partial charge in [0.05, 0.1) is 13.0 Å². The molecule has 0 aliphatic carbocycles. The van der Waals surface area contributed by atoms with Crippen LogP contribution < -0.4 is 0 Å². The van der Waals surface area contributed by atoms with Crippen molar-refractivity contribution in [1.82, 2.24) is 9.80 Å². The van der Waals surface area contributed by atoms with Gasteiger partial charge in [-0.15, -0.1) is 0 Å². The first-order chi connectivity index (χ1) is 11.4. The van der Waals surface area contributed by atoms with E-state index < -0.39 is 0 Å². The third kappa shape index (κ3) is 3.18. The Labute approximate surface area is 143 Å². The van der Waals surface area contributed by atoms with Gasteiger partial charge in [-0.1, -0.05) is 29.8 Å². The Morgan fingerprint density at radius 2 is 2.04 bits per heavy atom. The van der Waals surface area contributed by atoms with Gasteiger partial charge in [0, 0.05) is 38.5 Å². The number of likely N-dealkylation sites (tertiary alicyclic amines) is 2. The van der Waals surface area contributed by atoms with Crippen LogP contribution in [0.15, 0.2) is 24.3 Å². The standard InChI is InChI=1S/C19H26N2O3/c1-14-4-3-5-16(8-14)9-18(24)20-7-6-17-10-21(15(2)23)12-19(17,11-20)13-22/h3-5,8,17,22H,6-7,9-13H2,1-2H3/t17-,19+/m1/s1. The van der Waals surface area contributed by atoms with Crippen LogP contribution in [0.2, 0.25) is 0 Å². The molecule has 0 spiro atoms. The maximum absolute atomic E-state index is 12.7. The molecule has 2 heterocycles. The van der Waals surface area contributed by atoms with Gasteiger partial charge < -0.3 is 14.9 Å². The second-order valence-electron chi connectivity index (χ2n) is 7.39. The van der Waals surface area contributed by atoms with Crippen molar-refractivity contribution in [3.63, 3.8) is 0 Å². The molecule has 5 heteroatoms. The molecule has 0 bridgehead atoms. The summed E-state index contributed by atoms with van der Waals surface area (Å²) in [6.45, 7) is 6.13. The van der Waals surface area contributed by atoms with Crippen LogP contribution in [-0.2, 0) is 16.0 Å². The van der Waals surface area contributed by atoms with Crippen LogP contribution in [0.3, 0.4) is 0 Å². The van der Waals surface area contributed by atoms with Crippen LogP contribution in [0, 0.1) is 18.3 Å². The van der Waals surface area contributed by atoms with Crippen LogP contribution in [0.4, 0.5) is 0 Å². The number of nitrogens with zero attached hydrogens (tertiary/aromatic N) is 2. The summed E-state index contributed by atoms with van der Waals surface area (Å²) in [6.07, 6.45) is 1.24. The zero-order valence-electron chi connectivity index (χ0n) is 14.5. The molecule has 1 N–H and O–H groups in total. The van der Waals surface area contributed by atoms with Gasteiger partial charge in [-0.05, 0) is 24.8 Å².